The average molecular weight is 210 g/mol. The molecular weight excluding hydrogens is 192 g/mol. The minimum absolute atomic E-state index is 0.119. The molecule has 1 aromatic rings. The van der Waals surface area contributed by atoms with Crippen molar-refractivity contribution >= 4 is 5.97 Å². The Balaban J connectivity index is 3.30. The van der Waals surface area contributed by atoms with Gasteiger partial charge in [0.05, 0.1) is 5.54 Å². The Morgan fingerprint density at radius 3 is 2.27 bits per heavy atom. The minimum atomic E-state index is -0.972. The zero-order valence-electron chi connectivity index (χ0n) is 9.90. The third-order valence-electron chi connectivity index (χ3n) is 2.18. The van der Waals surface area contributed by atoms with Crippen LogP contribution in [0.4, 0.5) is 0 Å². The van der Waals surface area contributed by atoms with E-state index in [1.807, 2.05) is 34.6 Å². The summed E-state index contributed by atoms with van der Waals surface area (Å²) < 4.78 is 1.79. The molecule has 4 heteroatoms. The van der Waals surface area contributed by atoms with Crippen LogP contribution in [0.3, 0.4) is 0 Å². The maximum Gasteiger partial charge on any atom is 0.356 e. The lowest BCUT2D eigenvalue weighted by Gasteiger charge is -2.23. The maximum atomic E-state index is 10.8. The van der Waals surface area contributed by atoms with Crippen molar-refractivity contribution in [3.8, 4) is 0 Å². The number of rotatable bonds is 2. The molecule has 0 bridgehead atoms. The van der Waals surface area contributed by atoms with Crippen LogP contribution >= 0.6 is 0 Å². The number of aromatic nitrogens is 2. The normalized spacial score (nSPS) is 12.1. The van der Waals surface area contributed by atoms with E-state index < -0.39 is 5.97 Å². The molecule has 0 aliphatic carbocycles. The molecule has 0 aromatic carbocycles. The van der Waals surface area contributed by atoms with Gasteiger partial charge in [0.25, 0.3) is 0 Å². The summed E-state index contributed by atoms with van der Waals surface area (Å²) in [7, 11) is 0. The van der Waals surface area contributed by atoms with Crippen molar-refractivity contribution in [1.29, 1.82) is 0 Å². The summed E-state index contributed by atoms with van der Waals surface area (Å²) in [6, 6.07) is 1.65. The van der Waals surface area contributed by atoms with Crippen molar-refractivity contribution in [3.05, 3.63) is 17.5 Å². The fourth-order valence-electron chi connectivity index (χ4n) is 1.45. The first-order chi connectivity index (χ1) is 6.73. The average Bonchev–Trinajstić information content (AvgIpc) is 2.45. The van der Waals surface area contributed by atoms with E-state index in [-0.39, 0.29) is 17.2 Å². The highest BCUT2D eigenvalue weighted by Crippen LogP contribution is 2.23. The second kappa shape index (κ2) is 3.68. The molecule has 0 saturated carbocycles. The molecule has 1 N–H and O–H groups in total. The van der Waals surface area contributed by atoms with E-state index in [2.05, 4.69) is 5.10 Å². The summed E-state index contributed by atoms with van der Waals surface area (Å²) in [5, 5.41) is 13.0. The van der Waals surface area contributed by atoms with Gasteiger partial charge in [-0.05, 0) is 32.8 Å². The molecule has 0 atom stereocenters. The molecule has 0 aliphatic rings. The van der Waals surface area contributed by atoms with Crippen molar-refractivity contribution in [2.75, 3.05) is 0 Å². The van der Waals surface area contributed by atoms with Crippen LogP contribution in [0.1, 0.15) is 56.7 Å². The van der Waals surface area contributed by atoms with Crippen LogP contribution in [0.2, 0.25) is 0 Å². The Hall–Kier alpha value is -1.32. The molecule has 0 spiro atoms. The fourth-order valence-corrected chi connectivity index (χ4v) is 1.45. The van der Waals surface area contributed by atoms with Gasteiger partial charge in [-0.1, -0.05) is 13.8 Å². The lowest BCUT2D eigenvalue weighted by molar-refractivity contribution is 0.0688. The summed E-state index contributed by atoms with van der Waals surface area (Å²) >= 11 is 0. The molecule has 1 rings (SSSR count). The number of hydrogen-bond donors (Lipinski definition) is 1. The van der Waals surface area contributed by atoms with E-state index in [1.165, 1.54) is 0 Å². The SMILES string of the molecule is CC(C)c1cc(C(=O)O)nn1C(C)(C)C. The van der Waals surface area contributed by atoms with Gasteiger partial charge in [-0.2, -0.15) is 5.10 Å². The van der Waals surface area contributed by atoms with Gasteiger partial charge in [-0.25, -0.2) is 4.79 Å². The number of aromatic carboxylic acids is 1. The van der Waals surface area contributed by atoms with Gasteiger partial charge < -0.3 is 5.11 Å². The molecule has 0 radical (unpaired) electrons. The van der Waals surface area contributed by atoms with Crippen LogP contribution in [0.15, 0.2) is 6.07 Å². The molecule has 1 aromatic heterocycles. The van der Waals surface area contributed by atoms with Gasteiger partial charge in [0.2, 0.25) is 0 Å². The molecule has 15 heavy (non-hydrogen) atoms. The van der Waals surface area contributed by atoms with Gasteiger partial charge >= 0.3 is 5.97 Å². The molecule has 0 unspecified atom stereocenters. The van der Waals surface area contributed by atoms with Gasteiger partial charge in [0.1, 0.15) is 0 Å². The molecule has 0 aliphatic heterocycles. The van der Waals surface area contributed by atoms with E-state index in [0.29, 0.717) is 0 Å². The van der Waals surface area contributed by atoms with Gasteiger partial charge in [0, 0.05) is 5.69 Å². The first-order valence-electron chi connectivity index (χ1n) is 5.07. The number of nitrogens with zero attached hydrogens (tertiary/aromatic N) is 2. The topological polar surface area (TPSA) is 55.1 Å². The van der Waals surface area contributed by atoms with Gasteiger partial charge in [-0.3, -0.25) is 4.68 Å². The van der Waals surface area contributed by atoms with Crippen molar-refractivity contribution < 1.29 is 9.90 Å². The largest absolute Gasteiger partial charge is 0.476 e. The molecule has 0 fully saturated rings. The number of carbonyl (C=O) groups is 1. The van der Waals surface area contributed by atoms with Crippen LogP contribution in [0.25, 0.3) is 0 Å². The third-order valence-corrected chi connectivity index (χ3v) is 2.18. The van der Waals surface area contributed by atoms with Crippen LogP contribution in [-0.2, 0) is 5.54 Å². The summed E-state index contributed by atoms with van der Waals surface area (Å²) in [5.41, 5.74) is 0.890. The van der Waals surface area contributed by atoms with E-state index >= 15 is 0 Å². The summed E-state index contributed by atoms with van der Waals surface area (Å²) in [4.78, 5) is 10.8. The van der Waals surface area contributed by atoms with Gasteiger partial charge in [0.15, 0.2) is 5.69 Å². The molecule has 84 valence electrons. The third kappa shape index (κ3) is 2.37. The highest BCUT2D eigenvalue weighted by molar-refractivity contribution is 5.85. The predicted molar refractivity (Wildman–Crippen MR) is 58.3 cm³/mol. The summed E-state index contributed by atoms with van der Waals surface area (Å²) in [5.74, 6) is -0.704. The Labute approximate surface area is 89.9 Å². The highest BCUT2D eigenvalue weighted by atomic mass is 16.4. The standard InChI is InChI=1S/C11H18N2O2/c1-7(2)9-6-8(10(14)15)12-13(9)11(3,4)5/h6-7H,1-5H3,(H,14,15). The number of carboxylic acid groups (broad SMARTS) is 1. The minimum Gasteiger partial charge on any atom is -0.476 e. The van der Waals surface area contributed by atoms with Crippen LogP contribution < -0.4 is 0 Å². The molecule has 1 heterocycles. The zero-order valence-corrected chi connectivity index (χ0v) is 9.90. The Morgan fingerprint density at radius 2 is 2.00 bits per heavy atom. The van der Waals surface area contributed by atoms with Crippen molar-refractivity contribution in [2.24, 2.45) is 0 Å². The lowest BCUT2D eigenvalue weighted by atomic mass is 10.1. The fraction of sp³-hybridized carbons (Fsp3) is 0.636. The van der Waals surface area contributed by atoms with Crippen molar-refractivity contribution in [1.82, 2.24) is 9.78 Å². The second-order valence-electron chi connectivity index (χ2n) is 5.00. The zero-order chi connectivity index (χ0) is 11.8. The van der Waals surface area contributed by atoms with E-state index in [1.54, 1.807) is 10.7 Å². The van der Waals surface area contributed by atoms with Gasteiger partial charge in [-0.15, -0.1) is 0 Å². The first kappa shape index (κ1) is 11.8. The number of hydrogen-bond acceptors (Lipinski definition) is 2. The molecule has 0 saturated heterocycles. The Morgan fingerprint density at radius 1 is 1.47 bits per heavy atom. The quantitative estimate of drug-likeness (QED) is 0.815. The second-order valence-corrected chi connectivity index (χ2v) is 5.00. The number of carboxylic acids is 1. The summed E-state index contributed by atoms with van der Waals surface area (Å²) in [6.45, 7) is 10.1. The molecule has 0 amide bonds. The van der Waals surface area contributed by atoms with Crippen LogP contribution in [0.5, 0.6) is 0 Å². The first-order valence-corrected chi connectivity index (χ1v) is 5.07. The smallest absolute Gasteiger partial charge is 0.356 e. The summed E-state index contributed by atoms with van der Waals surface area (Å²) in [6.07, 6.45) is 0. The molecular formula is C11H18N2O2. The van der Waals surface area contributed by atoms with E-state index in [4.69, 9.17) is 5.11 Å². The predicted octanol–water partition coefficient (Wildman–Crippen LogP) is 2.46. The monoisotopic (exact) mass is 210 g/mol. The van der Waals surface area contributed by atoms with E-state index in [9.17, 15) is 4.79 Å². The Kier molecular flexibility index (Phi) is 2.88. The maximum absolute atomic E-state index is 10.8. The van der Waals surface area contributed by atoms with Crippen molar-refractivity contribution in [2.45, 2.75) is 46.1 Å². The van der Waals surface area contributed by atoms with Crippen LogP contribution in [0, 0.1) is 0 Å². The molecule has 4 nitrogen and oxygen atoms in total. The van der Waals surface area contributed by atoms with Crippen LogP contribution in [-0.4, -0.2) is 20.9 Å². The van der Waals surface area contributed by atoms with E-state index in [0.717, 1.165) is 5.69 Å². The lowest BCUT2D eigenvalue weighted by Crippen LogP contribution is -2.26. The highest BCUT2D eigenvalue weighted by Gasteiger charge is 2.23. The van der Waals surface area contributed by atoms with Crippen molar-refractivity contribution in [3.63, 3.8) is 0 Å². The Bertz CT molecular complexity index is 372.